The molecule has 0 aromatic heterocycles. The molecule has 5 heteroatoms. The average Bonchev–Trinajstić information content (AvgIpc) is 2.45. The molecule has 1 N–H and O–H groups in total. The summed E-state index contributed by atoms with van der Waals surface area (Å²) >= 11 is 0. The molecule has 1 aromatic carbocycles. The lowest BCUT2D eigenvalue weighted by Crippen LogP contribution is -2.29. The van der Waals surface area contributed by atoms with E-state index in [-0.39, 0.29) is 12.5 Å². The maximum Gasteiger partial charge on any atom is 0.337 e. The highest BCUT2D eigenvalue weighted by Crippen LogP contribution is 2.12. The lowest BCUT2D eigenvalue weighted by molar-refractivity contribution is -0.123. The number of carbonyl (C=O) groups excluding carboxylic acids is 2. The first-order chi connectivity index (χ1) is 9.17. The number of esters is 1. The minimum absolute atomic E-state index is 0.0265. The summed E-state index contributed by atoms with van der Waals surface area (Å²) in [4.78, 5) is 22.6. The van der Waals surface area contributed by atoms with Crippen molar-refractivity contribution in [2.75, 3.05) is 20.3 Å². The number of amides is 1. The van der Waals surface area contributed by atoms with Gasteiger partial charge in [-0.25, -0.2) is 4.79 Å². The Morgan fingerprint density at radius 2 is 1.89 bits per heavy atom. The highest BCUT2D eigenvalue weighted by atomic mass is 16.5. The summed E-state index contributed by atoms with van der Waals surface area (Å²) in [5.41, 5.74) is 0.447. The number of hydrogen-bond donors (Lipinski definition) is 1. The van der Waals surface area contributed by atoms with Crippen LogP contribution >= 0.6 is 0 Å². The highest BCUT2D eigenvalue weighted by Gasteiger charge is 2.06. The Balaban J connectivity index is 2.37. The van der Waals surface area contributed by atoms with Crippen molar-refractivity contribution >= 4 is 11.9 Å². The third-order valence-electron chi connectivity index (χ3n) is 2.50. The van der Waals surface area contributed by atoms with Crippen molar-refractivity contribution in [1.29, 1.82) is 0 Å². The van der Waals surface area contributed by atoms with Crippen LogP contribution in [0.2, 0.25) is 0 Å². The molecule has 1 aromatic rings. The second-order valence-electron chi connectivity index (χ2n) is 4.01. The van der Waals surface area contributed by atoms with E-state index in [4.69, 9.17) is 4.74 Å². The highest BCUT2D eigenvalue weighted by molar-refractivity contribution is 5.89. The molecule has 0 unspecified atom stereocenters. The maximum absolute atomic E-state index is 11.4. The monoisotopic (exact) mass is 265 g/mol. The van der Waals surface area contributed by atoms with Gasteiger partial charge in [0.25, 0.3) is 5.91 Å². The Morgan fingerprint density at radius 3 is 2.47 bits per heavy atom. The van der Waals surface area contributed by atoms with E-state index in [1.165, 1.54) is 7.11 Å². The number of methoxy groups -OCH3 is 1. The van der Waals surface area contributed by atoms with Crippen LogP contribution in [0.25, 0.3) is 0 Å². The first-order valence-electron chi connectivity index (χ1n) is 6.25. The molecule has 0 aliphatic carbocycles. The predicted molar refractivity (Wildman–Crippen MR) is 71.2 cm³/mol. The Morgan fingerprint density at radius 1 is 1.21 bits per heavy atom. The molecule has 0 saturated carbocycles. The van der Waals surface area contributed by atoms with Crippen molar-refractivity contribution in [2.45, 2.75) is 19.8 Å². The van der Waals surface area contributed by atoms with Crippen molar-refractivity contribution in [1.82, 2.24) is 5.32 Å². The summed E-state index contributed by atoms with van der Waals surface area (Å²) in [6, 6.07) is 6.45. The molecule has 0 saturated heterocycles. The van der Waals surface area contributed by atoms with Crippen LogP contribution in [-0.2, 0) is 9.53 Å². The molecule has 0 radical (unpaired) electrons. The summed E-state index contributed by atoms with van der Waals surface area (Å²) in [5.74, 6) is -0.00681. The zero-order valence-electron chi connectivity index (χ0n) is 11.3. The van der Waals surface area contributed by atoms with Crippen LogP contribution in [0.3, 0.4) is 0 Å². The third kappa shape index (κ3) is 5.42. The number of carbonyl (C=O) groups is 2. The van der Waals surface area contributed by atoms with Gasteiger partial charge >= 0.3 is 5.97 Å². The van der Waals surface area contributed by atoms with Gasteiger partial charge in [-0.1, -0.05) is 13.3 Å². The SMILES string of the molecule is CCCCNC(=O)COc1ccc(C(=O)OC)cc1. The first-order valence-corrected chi connectivity index (χ1v) is 6.25. The summed E-state index contributed by atoms with van der Waals surface area (Å²) in [6.07, 6.45) is 2.00. The summed E-state index contributed by atoms with van der Waals surface area (Å²) in [5, 5.41) is 2.75. The second-order valence-corrected chi connectivity index (χ2v) is 4.01. The molecular weight excluding hydrogens is 246 g/mol. The largest absolute Gasteiger partial charge is 0.484 e. The van der Waals surface area contributed by atoms with E-state index in [0.717, 1.165) is 12.8 Å². The molecule has 104 valence electrons. The normalized spacial score (nSPS) is 9.79. The molecular formula is C14H19NO4. The van der Waals surface area contributed by atoms with Crippen LogP contribution in [0.15, 0.2) is 24.3 Å². The summed E-state index contributed by atoms with van der Waals surface area (Å²) in [7, 11) is 1.33. The lowest BCUT2D eigenvalue weighted by Gasteiger charge is -2.07. The van der Waals surface area contributed by atoms with Crippen LogP contribution < -0.4 is 10.1 Å². The Hall–Kier alpha value is -2.04. The van der Waals surface area contributed by atoms with Gasteiger partial charge in [-0.2, -0.15) is 0 Å². The van der Waals surface area contributed by atoms with E-state index >= 15 is 0 Å². The number of unbranched alkanes of at least 4 members (excludes halogenated alkanes) is 1. The molecule has 0 heterocycles. The molecule has 1 amide bonds. The molecule has 0 atom stereocenters. The first kappa shape index (κ1) is 15.0. The zero-order chi connectivity index (χ0) is 14.1. The van der Waals surface area contributed by atoms with E-state index in [1.807, 2.05) is 0 Å². The zero-order valence-corrected chi connectivity index (χ0v) is 11.3. The number of nitrogens with one attached hydrogen (secondary N) is 1. The smallest absolute Gasteiger partial charge is 0.337 e. The standard InChI is InChI=1S/C14H19NO4/c1-3-4-9-15-13(16)10-19-12-7-5-11(6-8-12)14(17)18-2/h5-8H,3-4,9-10H2,1-2H3,(H,15,16). The van der Waals surface area contributed by atoms with Gasteiger partial charge in [0.05, 0.1) is 12.7 Å². The van der Waals surface area contributed by atoms with Gasteiger partial charge in [0.15, 0.2) is 6.61 Å². The Labute approximate surface area is 112 Å². The predicted octanol–water partition coefficient (Wildman–Crippen LogP) is 1.77. The van der Waals surface area contributed by atoms with Crippen molar-refractivity contribution in [3.63, 3.8) is 0 Å². The molecule has 0 spiro atoms. The lowest BCUT2D eigenvalue weighted by atomic mass is 10.2. The van der Waals surface area contributed by atoms with Gasteiger partial charge in [-0.3, -0.25) is 4.79 Å². The minimum Gasteiger partial charge on any atom is -0.484 e. The van der Waals surface area contributed by atoms with Crippen molar-refractivity contribution in [3.8, 4) is 5.75 Å². The van der Waals surface area contributed by atoms with Gasteiger partial charge in [-0.05, 0) is 30.7 Å². The van der Waals surface area contributed by atoms with Crippen molar-refractivity contribution < 1.29 is 19.1 Å². The van der Waals surface area contributed by atoms with E-state index in [2.05, 4.69) is 17.0 Å². The van der Waals surface area contributed by atoms with E-state index in [0.29, 0.717) is 17.9 Å². The number of rotatable bonds is 7. The van der Waals surface area contributed by atoms with Crippen LogP contribution in [-0.4, -0.2) is 32.1 Å². The van der Waals surface area contributed by atoms with Crippen LogP contribution in [0, 0.1) is 0 Å². The number of ether oxygens (including phenoxy) is 2. The molecule has 0 aliphatic heterocycles. The number of hydrogen-bond acceptors (Lipinski definition) is 4. The fourth-order valence-electron chi connectivity index (χ4n) is 1.41. The van der Waals surface area contributed by atoms with Crippen molar-refractivity contribution in [3.05, 3.63) is 29.8 Å². The van der Waals surface area contributed by atoms with Crippen molar-refractivity contribution in [2.24, 2.45) is 0 Å². The van der Waals surface area contributed by atoms with Gasteiger partial charge in [0.1, 0.15) is 5.75 Å². The van der Waals surface area contributed by atoms with Gasteiger partial charge in [0.2, 0.25) is 0 Å². The van der Waals surface area contributed by atoms with Gasteiger partial charge < -0.3 is 14.8 Å². The second kappa shape index (κ2) is 8.13. The summed E-state index contributed by atoms with van der Waals surface area (Å²) in [6.45, 7) is 2.70. The molecule has 0 bridgehead atoms. The fraction of sp³-hybridized carbons (Fsp3) is 0.429. The Kier molecular flexibility index (Phi) is 6.43. The molecule has 1 rings (SSSR count). The quantitative estimate of drug-likeness (QED) is 0.603. The molecule has 0 fully saturated rings. The van der Waals surface area contributed by atoms with Gasteiger partial charge in [-0.15, -0.1) is 0 Å². The third-order valence-corrected chi connectivity index (χ3v) is 2.50. The topological polar surface area (TPSA) is 64.6 Å². The summed E-state index contributed by atoms with van der Waals surface area (Å²) < 4.78 is 9.89. The van der Waals surface area contributed by atoms with E-state index in [1.54, 1.807) is 24.3 Å². The minimum atomic E-state index is -0.399. The van der Waals surface area contributed by atoms with E-state index in [9.17, 15) is 9.59 Å². The fourth-order valence-corrected chi connectivity index (χ4v) is 1.41. The average molecular weight is 265 g/mol. The van der Waals surface area contributed by atoms with E-state index < -0.39 is 5.97 Å². The molecule has 5 nitrogen and oxygen atoms in total. The Bertz CT molecular complexity index is 414. The molecule has 19 heavy (non-hydrogen) atoms. The molecule has 0 aliphatic rings. The maximum atomic E-state index is 11.4. The number of benzene rings is 1. The van der Waals surface area contributed by atoms with Crippen LogP contribution in [0.1, 0.15) is 30.1 Å². The van der Waals surface area contributed by atoms with Crippen LogP contribution in [0.4, 0.5) is 0 Å². The van der Waals surface area contributed by atoms with Crippen LogP contribution in [0.5, 0.6) is 5.75 Å². The van der Waals surface area contributed by atoms with Gasteiger partial charge in [0, 0.05) is 6.54 Å².